The Hall–Kier alpha value is -0.469. The second kappa shape index (κ2) is 18.3. The van der Waals surface area contributed by atoms with E-state index in [0.717, 1.165) is 0 Å². The molecule has 0 saturated heterocycles. The Bertz CT molecular complexity index is 617. The van der Waals surface area contributed by atoms with Crippen molar-refractivity contribution in [3.05, 3.63) is 91.0 Å². The minimum absolute atomic E-state index is 0. The van der Waals surface area contributed by atoms with Crippen molar-refractivity contribution in [2.75, 3.05) is 0 Å². The van der Waals surface area contributed by atoms with Gasteiger partial charge in [-0.2, -0.15) is 0 Å². The summed E-state index contributed by atoms with van der Waals surface area (Å²) in [6.07, 6.45) is 0. The quantitative estimate of drug-likeness (QED) is 0.506. The number of hydrogen-bond donors (Lipinski definition) is 0. The molecule has 0 aliphatic rings. The maximum absolute atomic E-state index is 2.31. The summed E-state index contributed by atoms with van der Waals surface area (Å²) in [5, 5.41) is 4.55. The zero-order valence-corrected chi connectivity index (χ0v) is 25.3. The van der Waals surface area contributed by atoms with Gasteiger partial charge < -0.3 is 0 Å². The minimum atomic E-state index is -0.212. The monoisotopic (exact) mass is 476 g/mol. The number of benzene rings is 3. The van der Waals surface area contributed by atoms with Gasteiger partial charge in [-0.05, 0) is 0 Å². The molecule has 0 aliphatic carbocycles. The van der Waals surface area contributed by atoms with Crippen molar-refractivity contribution in [3.63, 3.8) is 0 Å². The van der Waals surface area contributed by atoms with Crippen LogP contribution in [-0.2, 0) is 19.5 Å². The zero-order valence-electron chi connectivity index (χ0n) is 19.4. The normalized spacial score (nSPS) is 9.41. The van der Waals surface area contributed by atoms with Crippen molar-refractivity contribution >= 4 is 42.0 Å². The maximum atomic E-state index is 2.31. The third-order valence-corrected chi connectivity index (χ3v) is 8.52. The van der Waals surface area contributed by atoms with Crippen LogP contribution in [0.4, 0.5) is 0 Å². The molecule has 29 heavy (non-hydrogen) atoms. The van der Waals surface area contributed by atoms with Gasteiger partial charge >= 0.3 is 18.9 Å². The summed E-state index contributed by atoms with van der Waals surface area (Å²) in [5.74, 6) is 0. The van der Waals surface area contributed by atoms with Crippen molar-refractivity contribution < 1.29 is 38.3 Å². The molecule has 0 aliphatic heterocycles. The number of hydrogen-bond acceptors (Lipinski definition) is 0. The van der Waals surface area contributed by atoms with Crippen LogP contribution in [0.5, 0.6) is 0 Å². The van der Waals surface area contributed by atoms with E-state index in [0.29, 0.717) is 0 Å². The van der Waals surface area contributed by atoms with E-state index in [-0.39, 0.29) is 64.7 Å². The smallest absolute Gasteiger partial charge is 0.0671 e. The molecule has 5 heteroatoms. The fourth-order valence-electron chi connectivity index (χ4n) is 2.31. The molecule has 0 fully saturated rings. The van der Waals surface area contributed by atoms with Gasteiger partial charge in [-0.3, -0.25) is 0 Å². The summed E-state index contributed by atoms with van der Waals surface area (Å²) in [7, 11) is -0.637. The SMILES string of the molecule is C[Si](C)c1ccccc1.C[Si](C)c1ccccc1.C[Si](C)c1ccccc1.[Li+].[Zn]. The van der Waals surface area contributed by atoms with Gasteiger partial charge in [0.25, 0.3) is 0 Å². The first-order valence-electron chi connectivity index (χ1n) is 9.48. The topological polar surface area (TPSA) is 0 Å². The van der Waals surface area contributed by atoms with Crippen LogP contribution in [0.15, 0.2) is 91.0 Å². The molecule has 0 saturated carbocycles. The van der Waals surface area contributed by atoms with Gasteiger partial charge in [-0.1, -0.05) is 146 Å². The molecule has 0 atom stereocenters. The fourth-order valence-corrected chi connectivity index (χ4v) is 4.89. The van der Waals surface area contributed by atoms with E-state index in [1.807, 2.05) is 0 Å². The molecular weight excluding hydrogens is 445 g/mol. The van der Waals surface area contributed by atoms with E-state index in [1.165, 1.54) is 15.6 Å². The molecular formula is C24H33LiSi3Zn+. The third-order valence-electron chi connectivity index (χ3n) is 4.05. The summed E-state index contributed by atoms with van der Waals surface area (Å²) >= 11 is 0. The molecule has 0 bridgehead atoms. The Morgan fingerprint density at radius 2 is 0.552 bits per heavy atom. The summed E-state index contributed by atoms with van der Waals surface area (Å²) < 4.78 is 0. The van der Waals surface area contributed by atoms with Gasteiger partial charge in [0.1, 0.15) is 0 Å². The van der Waals surface area contributed by atoms with Crippen LogP contribution in [0.2, 0.25) is 39.3 Å². The average Bonchev–Trinajstić information content (AvgIpc) is 2.71. The Morgan fingerprint density at radius 1 is 0.379 bits per heavy atom. The van der Waals surface area contributed by atoms with E-state index >= 15 is 0 Å². The van der Waals surface area contributed by atoms with E-state index in [9.17, 15) is 0 Å². The van der Waals surface area contributed by atoms with Crippen LogP contribution < -0.4 is 34.4 Å². The first kappa shape index (κ1) is 30.7. The average molecular weight is 478 g/mol. The third kappa shape index (κ3) is 14.2. The molecule has 0 spiro atoms. The molecule has 3 rings (SSSR count). The molecule has 0 unspecified atom stereocenters. The van der Waals surface area contributed by atoms with Crippen LogP contribution in [0.1, 0.15) is 0 Å². The zero-order chi connectivity index (χ0) is 20.1. The van der Waals surface area contributed by atoms with E-state index < -0.39 is 0 Å². The van der Waals surface area contributed by atoms with E-state index in [1.54, 1.807) is 0 Å². The minimum Gasteiger partial charge on any atom is -0.0671 e. The van der Waals surface area contributed by atoms with Crippen molar-refractivity contribution in [2.24, 2.45) is 0 Å². The van der Waals surface area contributed by atoms with Crippen molar-refractivity contribution in [1.29, 1.82) is 0 Å². The molecule has 0 amide bonds. The molecule has 0 nitrogen and oxygen atoms in total. The van der Waals surface area contributed by atoms with E-state index in [4.69, 9.17) is 0 Å². The first-order chi connectivity index (χ1) is 12.9. The molecule has 3 aromatic carbocycles. The summed E-state index contributed by atoms with van der Waals surface area (Å²) in [5.41, 5.74) is 0. The van der Waals surface area contributed by atoms with Crippen LogP contribution in [0.3, 0.4) is 0 Å². The number of rotatable bonds is 3. The van der Waals surface area contributed by atoms with Crippen LogP contribution in [0.25, 0.3) is 0 Å². The van der Waals surface area contributed by atoms with Crippen LogP contribution in [0, 0.1) is 0 Å². The predicted molar refractivity (Wildman–Crippen MR) is 131 cm³/mol. The Morgan fingerprint density at radius 3 is 0.655 bits per heavy atom. The van der Waals surface area contributed by atoms with Gasteiger partial charge in [0.2, 0.25) is 0 Å². The fraction of sp³-hybridized carbons (Fsp3) is 0.250. The van der Waals surface area contributed by atoms with Crippen molar-refractivity contribution in [1.82, 2.24) is 0 Å². The second-order valence-corrected chi connectivity index (χ2v) is 14.8. The largest absolute Gasteiger partial charge is 1.00 e. The van der Waals surface area contributed by atoms with Gasteiger partial charge in [0, 0.05) is 19.5 Å². The molecule has 143 valence electrons. The van der Waals surface area contributed by atoms with E-state index in [2.05, 4.69) is 130 Å². The molecule has 0 heterocycles. The molecule has 0 aromatic heterocycles. The Labute approximate surface area is 209 Å². The summed E-state index contributed by atoms with van der Waals surface area (Å²) in [4.78, 5) is 0. The first-order valence-corrected chi connectivity index (χ1v) is 17.0. The van der Waals surface area contributed by atoms with Gasteiger partial charge in [-0.25, -0.2) is 0 Å². The molecule has 0 N–H and O–H groups in total. The van der Waals surface area contributed by atoms with Gasteiger partial charge in [-0.15, -0.1) is 0 Å². The second-order valence-electron chi connectivity index (χ2n) is 7.10. The predicted octanol–water partition coefficient (Wildman–Crippen LogP) is 1.95. The summed E-state index contributed by atoms with van der Waals surface area (Å²) in [6, 6.07) is 32.0. The maximum Gasteiger partial charge on any atom is 1.00 e. The van der Waals surface area contributed by atoms with Gasteiger partial charge in [0.15, 0.2) is 0 Å². The Balaban J connectivity index is 0. The van der Waals surface area contributed by atoms with Crippen LogP contribution >= 0.6 is 0 Å². The van der Waals surface area contributed by atoms with Crippen molar-refractivity contribution in [3.8, 4) is 0 Å². The van der Waals surface area contributed by atoms with Crippen LogP contribution in [-0.4, -0.2) is 26.4 Å². The van der Waals surface area contributed by atoms with Gasteiger partial charge in [0.05, 0.1) is 26.4 Å². The standard InChI is InChI=1S/3C8H11Si.Li.Zn/c3*1-9(2)8-6-4-3-5-7-8;;/h3*3-7H,1-2H3;;/q;;;+1;. The molecule has 3 radical (unpaired) electrons. The Kier molecular flexibility index (Phi) is 19.4. The van der Waals surface area contributed by atoms with Crippen molar-refractivity contribution in [2.45, 2.75) is 39.3 Å². The molecule has 3 aromatic rings. The summed E-state index contributed by atoms with van der Waals surface area (Å²) in [6.45, 7) is 13.8.